The predicted molar refractivity (Wildman–Crippen MR) is 121 cm³/mol. The van der Waals surface area contributed by atoms with Crippen molar-refractivity contribution in [2.75, 3.05) is 0 Å². The van der Waals surface area contributed by atoms with Gasteiger partial charge >= 0.3 is 0 Å². The van der Waals surface area contributed by atoms with E-state index in [0.717, 1.165) is 31.4 Å². The molecular weight excluding hydrogens is 360 g/mol. The molecule has 1 heterocycles. The average Bonchev–Trinajstić information content (AvgIpc) is 2.70. The minimum absolute atomic E-state index is 0.0978. The van der Waals surface area contributed by atoms with Crippen LogP contribution in [0.15, 0.2) is 23.5 Å². The summed E-state index contributed by atoms with van der Waals surface area (Å²) in [6.07, 6.45) is 25.1. The van der Waals surface area contributed by atoms with E-state index in [9.17, 15) is 9.90 Å². The van der Waals surface area contributed by atoms with Crippen molar-refractivity contribution in [3.8, 4) is 0 Å². The van der Waals surface area contributed by atoms with Crippen molar-refractivity contribution in [3.05, 3.63) is 23.5 Å². The molecule has 166 valence electrons. The molecule has 0 spiro atoms. The third-order valence-electron chi connectivity index (χ3n) is 6.32. The molecule has 0 bridgehead atoms. The van der Waals surface area contributed by atoms with Crippen molar-refractivity contribution in [1.82, 2.24) is 0 Å². The van der Waals surface area contributed by atoms with Gasteiger partial charge in [0.1, 0.15) is 11.9 Å². The van der Waals surface area contributed by atoms with Crippen LogP contribution in [0, 0.1) is 0 Å². The number of hydrogen-bond acceptors (Lipinski definition) is 3. The Kier molecular flexibility index (Phi) is 12.4. The van der Waals surface area contributed by atoms with Crippen LogP contribution in [0.2, 0.25) is 0 Å². The Hall–Kier alpha value is -1.09. The number of carbonyl (C=O) groups excluding carboxylic acids is 1. The van der Waals surface area contributed by atoms with Crippen molar-refractivity contribution >= 4 is 5.78 Å². The lowest BCUT2D eigenvalue weighted by Crippen LogP contribution is -2.34. The number of rotatable bonds is 15. The van der Waals surface area contributed by atoms with E-state index in [4.69, 9.17) is 4.74 Å². The topological polar surface area (TPSA) is 46.5 Å². The molecule has 3 heteroatoms. The minimum Gasteiger partial charge on any atom is -0.494 e. The molecule has 0 aromatic heterocycles. The summed E-state index contributed by atoms with van der Waals surface area (Å²) < 4.78 is 6.04. The van der Waals surface area contributed by atoms with Crippen LogP contribution in [0.3, 0.4) is 0 Å². The molecule has 0 aromatic carbocycles. The van der Waals surface area contributed by atoms with Gasteiger partial charge in [-0.05, 0) is 38.5 Å². The third-order valence-corrected chi connectivity index (χ3v) is 6.32. The maximum atomic E-state index is 12.0. The molecule has 0 saturated carbocycles. The number of aliphatic hydroxyl groups is 1. The van der Waals surface area contributed by atoms with Crippen molar-refractivity contribution in [2.45, 2.75) is 135 Å². The van der Waals surface area contributed by atoms with Crippen LogP contribution in [0.5, 0.6) is 0 Å². The molecular formula is C26H44O3. The first-order chi connectivity index (χ1) is 14.2. The molecule has 0 aromatic rings. The summed E-state index contributed by atoms with van der Waals surface area (Å²) in [6, 6.07) is 0. The highest BCUT2D eigenvalue weighted by Crippen LogP contribution is 2.34. The maximum Gasteiger partial charge on any atom is 0.164 e. The van der Waals surface area contributed by atoms with E-state index in [0.29, 0.717) is 18.4 Å². The largest absolute Gasteiger partial charge is 0.494 e. The first-order valence-electron chi connectivity index (χ1n) is 12.5. The lowest BCUT2D eigenvalue weighted by molar-refractivity contribution is -0.119. The van der Waals surface area contributed by atoms with E-state index in [1.54, 1.807) is 0 Å². The van der Waals surface area contributed by atoms with E-state index in [1.807, 2.05) is 0 Å². The van der Waals surface area contributed by atoms with Gasteiger partial charge in [0.25, 0.3) is 0 Å². The molecule has 2 aliphatic rings. The van der Waals surface area contributed by atoms with Crippen LogP contribution in [-0.4, -0.2) is 23.1 Å². The molecule has 1 N–H and O–H groups in total. The molecule has 1 aliphatic heterocycles. The molecule has 29 heavy (non-hydrogen) atoms. The zero-order chi connectivity index (χ0) is 20.7. The van der Waals surface area contributed by atoms with Gasteiger partial charge in [-0.25, -0.2) is 0 Å². The second kappa shape index (κ2) is 14.8. The standard InChI is InChI=1S/C26H44O3/c1-2-3-4-5-6-7-8-9-10-11-12-13-14-15-16-18-22-21-24(28)26-23(27)19-17-20-25(26)29-22/h5-6,22,24,28H,2-4,7-21H2,1H3/b6-5-/t22-,24?/m1/s1. The highest BCUT2D eigenvalue weighted by atomic mass is 16.5. The fraction of sp³-hybridized carbons (Fsp3) is 0.808. The molecule has 0 saturated heterocycles. The van der Waals surface area contributed by atoms with Crippen LogP contribution < -0.4 is 0 Å². The number of aliphatic hydroxyl groups excluding tert-OH is 1. The Balaban J connectivity index is 1.40. The summed E-state index contributed by atoms with van der Waals surface area (Å²) in [5.41, 5.74) is 0.583. The Morgan fingerprint density at radius 1 is 0.897 bits per heavy atom. The predicted octanol–water partition coefficient (Wildman–Crippen LogP) is 7.18. The lowest BCUT2D eigenvalue weighted by atomic mass is 9.87. The fourth-order valence-electron chi connectivity index (χ4n) is 4.55. The van der Waals surface area contributed by atoms with Crippen LogP contribution in [-0.2, 0) is 9.53 Å². The van der Waals surface area contributed by atoms with Gasteiger partial charge in [0.2, 0.25) is 0 Å². The molecule has 0 radical (unpaired) electrons. The van der Waals surface area contributed by atoms with Crippen LogP contribution in [0.1, 0.15) is 122 Å². The molecule has 0 amide bonds. The highest BCUT2D eigenvalue weighted by Gasteiger charge is 2.34. The normalized spacial score (nSPS) is 22.2. The van der Waals surface area contributed by atoms with Gasteiger partial charge in [-0.15, -0.1) is 0 Å². The summed E-state index contributed by atoms with van der Waals surface area (Å²) in [5, 5.41) is 10.3. The van der Waals surface area contributed by atoms with E-state index >= 15 is 0 Å². The third kappa shape index (κ3) is 9.51. The van der Waals surface area contributed by atoms with Crippen molar-refractivity contribution < 1.29 is 14.6 Å². The number of Topliss-reactive ketones (excluding diaryl/α,β-unsaturated/α-hetero) is 1. The Labute approximate surface area is 179 Å². The van der Waals surface area contributed by atoms with Crippen LogP contribution in [0.25, 0.3) is 0 Å². The van der Waals surface area contributed by atoms with E-state index < -0.39 is 6.10 Å². The zero-order valence-corrected chi connectivity index (χ0v) is 18.8. The molecule has 2 rings (SSSR count). The Morgan fingerprint density at radius 3 is 2.21 bits per heavy atom. The summed E-state index contributed by atoms with van der Waals surface area (Å²) >= 11 is 0. The summed E-state index contributed by atoms with van der Waals surface area (Å²) in [4.78, 5) is 12.0. The monoisotopic (exact) mass is 404 g/mol. The van der Waals surface area contributed by atoms with Crippen molar-refractivity contribution in [3.63, 3.8) is 0 Å². The number of allylic oxidation sites excluding steroid dienone is 3. The average molecular weight is 405 g/mol. The fourth-order valence-corrected chi connectivity index (χ4v) is 4.55. The number of carbonyl (C=O) groups is 1. The summed E-state index contributed by atoms with van der Waals surface area (Å²) in [6.45, 7) is 2.25. The van der Waals surface area contributed by atoms with Gasteiger partial charge in [0.05, 0.1) is 11.7 Å². The number of ether oxygens (including phenoxy) is 1. The van der Waals surface area contributed by atoms with Gasteiger partial charge in [0.15, 0.2) is 5.78 Å². The Morgan fingerprint density at radius 2 is 1.52 bits per heavy atom. The number of ketones is 1. The summed E-state index contributed by atoms with van der Waals surface area (Å²) in [7, 11) is 0. The molecule has 1 aliphatic carbocycles. The minimum atomic E-state index is -0.594. The second-order valence-electron chi connectivity index (χ2n) is 8.98. The molecule has 2 atom stereocenters. The lowest BCUT2D eigenvalue weighted by Gasteiger charge is -2.33. The van der Waals surface area contributed by atoms with Crippen LogP contribution >= 0.6 is 0 Å². The zero-order valence-electron chi connectivity index (χ0n) is 18.8. The number of hydrogen-bond donors (Lipinski definition) is 1. The van der Waals surface area contributed by atoms with Gasteiger partial charge in [-0.3, -0.25) is 4.79 Å². The first kappa shape index (κ1) is 24.2. The van der Waals surface area contributed by atoms with Gasteiger partial charge in [0, 0.05) is 19.3 Å². The second-order valence-corrected chi connectivity index (χ2v) is 8.98. The SMILES string of the molecule is CCCC/C=C\CCCCCCCCCCC[C@@H]1CC(O)C2=C(CCCC2=O)O1. The van der Waals surface area contributed by atoms with Gasteiger partial charge in [-0.2, -0.15) is 0 Å². The van der Waals surface area contributed by atoms with E-state index in [2.05, 4.69) is 19.1 Å². The first-order valence-corrected chi connectivity index (χ1v) is 12.5. The maximum absolute atomic E-state index is 12.0. The van der Waals surface area contributed by atoms with E-state index in [-0.39, 0.29) is 11.9 Å². The van der Waals surface area contributed by atoms with E-state index in [1.165, 1.54) is 77.0 Å². The van der Waals surface area contributed by atoms with Crippen LogP contribution in [0.4, 0.5) is 0 Å². The quantitative estimate of drug-likeness (QED) is 0.232. The molecule has 1 unspecified atom stereocenters. The van der Waals surface area contributed by atoms with Crippen molar-refractivity contribution in [2.24, 2.45) is 0 Å². The highest BCUT2D eigenvalue weighted by molar-refractivity contribution is 5.97. The molecule has 0 fully saturated rings. The van der Waals surface area contributed by atoms with Crippen molar-refractivity contribution in [1.29, 1.82) is 0 Å². The summed E-state index contributed by atoms with van der Waals surface area (Å²) in [5.74, 6) is 0.891. The van der Waals surface area contributed by atoms with Gasteiger partial charge in [-0.1, -0.05) is 76.9 Å². The number of unbranched alkanes of at least 4 members (excludes halogenated alkanes) is 11. The smallest absolute Gasteiger partial charge is 0.164 e. The van der Waals surface area contributed by atoms with Gasteiger partial charge < -0.3 is 9.84 Å². The Bertz CT molecular complexity index is 520. The molecule has 3 nitrogen and oxygen atoms in total.